The Morgan fingerprint density at radius 1 is 1.32 bits per heavy atom. The van der Waals surface area contributed by atoms with E-state index >= 15 is 0 Å². The molecule has 0 aliphatic heterocycles. The first-order valence-electron chi connectivity index (χ1n) is 6.86. The maximum Gasteiger partial charge on any atom is 0.333 e. The van der Waals surface area contributed by atoms with E-state index in [1.165, 1.54) is 11.1 Å². The average Bonchev–Trinajstić information content (AvgIpc) is 2.37. The molecule has 102 valence electrons. The van der Waals surface area contributed by atoms with Crippen LogP contribution in [0.2, 0.25) is 0 Å². The van der Waals surface area contributed by atoms with E-state index in [4.69, 9.17) is 4.74 Å². The number of hydrogen-bond donors (Lipinski definition) is 0. The Morgan fingerprint density at radius 2 is 1.95 bits per heavy atom. The number of carbonyl (C=O) groups is 1. The lowest BCUT2D eigenvalue weighted by Crippen LogP contribution is -2.40. The maximum absolute atomic E-state index is 11.7. The van der Waals surface area contributed by atoms with Gasteiger partial charge in [-0.15, -0.1) is 0 Å². The van der Waals surface area contributed by atoms with Crippen molar-refractivity contribution in [3.63, 3.8) is 0 Å². The number of esters is 1. The fraction of sp³-hybridized carbons (Fsp3) is 0.471. The van der Waals surface area contributed by atoms with Crippen molar-refractivity contribution in [3.05, 3.63) is 47.5 Å². The highest BCUT2D eigenvalue weighted by atomic mass is 16.6. The van der Waals surface area contributed by atoms with Gasteiger partial charge in [0.15, 0.2) is 0 Å². The average molecular weight is 258 g/mol. The first kappa shape index (κ1) is 13.9. The molecule has 0 fully saturated rings. The fourth-order valence-corrected chi connectivity index (χ4v) is 2.70. The lowest BCUT2D eigenvalue weighted by atomic mass is 9.76. The van der Waals surface area contributed by atoms with Gasteiger partial charge in [0.2, 0.25) is 0 Å². The molecule has 2 nitrogen and oxygen atoms in total. The van der Waals surface area contributed by atoms with E-state index < -0.39 is 5.60 Å². The normalized spacial score (nSPS) is 18.6. The largest absolute Gasteiger partial charge is 0.456 e. The zero-order valence-corrected chi connectivity index (χ0v) is 12.0. The number of hydrogen-bond acceptors (Lipinski definition) is 2. The van der Waals surface area contributed by atoms with Crippen LogP contribution in [0, 0.1) is 5.92 Å². The molecule has 1 atom stereocenters. The minimum atomic E-state index is -0.441. The zero-order chi connectivity index (χ0) is 14.0. The van der Waals surface area contributed by atoms with Crippen molar-refractivity contribution in [2.24, 2.45) is 5.92 Å². The molecule has 0 heterocycles. The van der Waals surface area contributed by atoms with E-state index in [-0.39, 0.29) is 5.97 Å². The van der Waals surface area contributed by atoms with E-state index in [1.54, 1.807) is 6.92 Å². The van der Waals surface area contributed by atoms with E-state index in [0.717, 1.165) is 19.3 Å². The van der Waals surface area contributed by atoms with Crippen LogP contribution in [-0.4, -0.2) is 11.6 Å². The third-order valence-electron chi connectivity index (χ3n) is 4.03. The summed E-state index contributed by atoms with van der Waals surface area (Å²) in [5.41, 5.74) is 2.84. The number of aryl methyl sites for hydroxylation is 1. The highest BCUT2D eigenvalue weighted by Gasteiger charge is 2.35. The Labute approximate surface area is 115 Å². The van der Waals surface area contributed by atoms with Crippen LogP contribution < -0.4 is 0 Å². The van der Waals surface area contributed by atoms with Crippen molar-refractivity contribution in [2.75, 3.05) is 0 Å². The minimum Gasteiger partial charge on any atom is -0.456 e. The molecule has 0 bridgehead atoms. The summed E-state index contributed by atoms with van der Waals surface area (Å²) >= 11 is 0. The summed E-state index contributed by atoms with van der Waals surface area (Å²) in [5.74, 6) is 0.0783. The van der Waals surface area contributed by atoms with Crippen LogP contribution in [-0.2, 0) is 22.4 Å². The molecule has 0 spiro atoms. The van der Waals surface area contributed by atoms with Gasteiger partial charge in [0.1, 0.15) is 5.60 Å². The topological polar surface area (TPSA) is 26.3 Å². The molecular weight excluding hydrogens is 236 g/mol. The summed E-state index contributed by atoms with van der Waals surface area (Å²) in [4.78, 5) is 11.7. The van der Waals surface area contributed by atoms with Crippen molar-refractivity contribution >= 4 is 5.97 Å². The van der Waals surface area contributed by atoms with Gasteiger partial charge in [-0.1, -0.05) is 30.8 Å². The molecule has 0 aromatic heterocycles. The summed E-state index contributed by atoms with van der Waals surface area (Å²) in [6.07, 6.45) is 3.11. The predicted octanol–water partition coefficient (Wildman–Crippen LogP) is 3.69. The van der Waals surface area contributed by atoms with Gasteiger partial charge in [-0.3, -0.25) is 0 Å². The molecule has 2 heteroatoms. The molecule has 1 aromatic carbocycles. The van der Waals surface area contributed by atoms with Gasteiger partial charge in [-0.25, -0.2) is 4.79 Å². The second-order valence-electron chi connectivity index (χ2n) is 5.98. The summed E-state index contributed by atoms with van der Waals surface area (Å²) < 4.78 is 5.62. The number of ether oxygens (including phenoxy) is 1. The monoisotopic (exact) mass is 258 g/mol. The van der Waals surface area contributed by atoms with Crippen LogP contribution in [0.25, 0.3) is 0 Å². The lowest BCUT2D eigenvalue weighted by molar-refractivity contribution is -0.157. The highest BCUT2D eigenvalue weighted by molar-refractivity contribution is 5.87. The fourth-order valence-electron chi connectivity index (χ4n) is 2.70. The number of rotatable bonds is 3. The van der Waals surface area contributed by atoms with Crippen molar-refractivity contribution in [3.8, 4) is 0 Å². The van der Waals surface area contributed by atoms with Crippen molar-refractivity contribution in [1.29, 1.82) is 0 Å². The summed E-state index contributed by atoms with van der Waals surface area (Å²) in [5, 5.41) is 0. The zero-order valence-electron chi connectivity index (χ0n) is 12.0. The molecule has 1 unspecified atom stereocenters. The van der Waals surface area contributed by atoms with E-state index in [9.17, 15) is 4.79 Å². The van der Waals surface area contributed by atoms with Crippen LogP contribution in [0.15, 0.2) is 36.4 Å². The third kappa shape index (κ3) is 3.06. The van der Waals surface area contributed by atoms with Gasteiger partial charge in [0.05, 0.1) is 0 Å². The lowest BCUT2D eigenvalue weighted by Gasteiger charge is -2.37. The summed E-state index contributed by atoms with van der Waals surface area (Å²) in [7, 11) is 0. The van der Waals surface area contributed by atoms with Gasteiger partial charge in [-0.05, 0) is 51.2 Å². The number of carbonyl (C=O) groups excluding carboxylic acids is 1. The van der Waals surface area contributed by atoms with Crippen LogP contribution in [0.4, 0.5) is 0 Å². The molecular formula is C17H22O2. The van der Waals surface area contributed by atoms with Gasteiger partial charge < -0.3 is 4.74 Å². The quantitative estimate of drug-likeness (QED) is 0.610. The molecule has 0 saturated carbocycles. The second kappa shape index (κ2) is 5.20. The molecule has 1 aromatic rings. The Bertz CT molecular complexity index is 500. The highest BCUT2D eigenvalue weighted by Crippen LogP contribution is 2.34. The standard InChI is InChI=1S/C17H22O2/c1-12(2)16(18)19-17(3,4)15-10-9-13-7-5-6-8-14(13)11-15/h5-8,15H,1,9-11H2,2-4H3. The van der Waals surface area contributed by atoms with Gasteiger partial charge >= 0.3 is 5.97 Å². The predicted molar refractivity (Wildman–Crippen MR) is 76.9 cm³/mol. The smallest absolute Gasteiger partial charge is 0.333 e. The van der Waals surface area contributed by atoms with Crippen LogP contribution in [0.3, 0.4) is 0 Å². The molecule has 0 N–H and O–H groups in total. The number of fused-ring (bicyclic) bond motifs is 1. The van der Waals surface area contributed by atoms with Gasteiger partial charge in [0.25, 0.3) is 0 Å². The Morgan fingerprint density at radius 3 is 2.58 bits per heavy atom. The SMILES string of the molecule is C=C(C)C(=O)OC(C)(C)C1CCc2ccccc2C1. The molecule has 0 radical (unpaired) electrons. The second-order valence-corrected chi connectivity index (χ2v) is 5.98. The van der Waals surface area contributed by atoms with Crippen LogP contribution >= 0.6 is 0 Å². The molecule has 2 rings (SSSR count). The summed E-state index contributed by atoms with van der Waals surface area (Å²) in [6, 6.07) is 8.54. The maximum atomic E-state index is 11.7. The molecule has 0 saturated heterocycles. The van der Waals surface area contributed by atoms with Gasteiger partial charge in [0, 0.05) is 11.5 Å². The van der Waals surface area contributed by atoms with Crippen LogP contribution in [0.5, 0.6) is 0 Å². The minimum absolute atomic E-state index is 0.288. The van der Waals surface area contributed by atoms with Crippen molar-refractivity contribution in [1.82, 2.24) is 0 Å². The van der Waals surface area contributed by atoms with Crippen LogP contribution in [0.1, 0.15) is 38.3 Å². The third-order valence-corrected chi connectivity index (χ3v) is 4.03. The Balaban J connectivity index is 2.11. The van der Waals surface area contributed by atoms with E-state index in [2.05, 4.69) is 30.8 Å². The molecule has 1 aliphatic carbocycles. The molecule has 1 aliphatic rings. The van der Waals surface area contributed by atoms with Crippen molar-refractivity contribution in [2.45, 2.75) is 45.6 Å². The molecule has 19 heavy (non-hydrogen) atoms. The van der Waals surface area contributed by atoms with E-state index in [1.807, 2.05) is 13.8 Å². The van der Waals surface area contributed by atoms with Crippen molar-refractivity contribution < 1.29 is 9.53 Å². The van der Waals surface area contributed by atoms with E-state index in [0.29, 0.717) is 11.5 Å². The first-order valence-corrected chi connectivity index (χ1v) is 6.86. The Kier molecular flexibility index (Phi) is 3.79. The number of benzene rings is 1. The summed E-state index contributed by atoms with van der Waals surface area (Å²) in [6.45, 7) is 9.35. The first-order chi connectivity index (χ1) is 8.90. The van der Waals surface area contributed by atoms with Gasteiger partial charge in [-0.2, -0.15) is 0 Å². The Hall–Kier alpha value is -1.57. The molecule has 0 amide bonds.